The van der Waals surface area contributed by atoms with Crippen molar-refractivity contribution in [2.24, 2.45) is 5.41 Å². The van der Waals surface area contributed by atoms with Gasteiger partial charge in [-0.25, -0.2) is 0 Å². The van der Waals surface area contributed by atoms with Gasteiger partial charge < -0.3 is 14.8 Å². The molecule has 0 bridgehead atoms. The lowest BCUT2D eigenvalue weighted by atomic mass is 9.73. The van der Waals surface area contributed by atoms with Gasteiger partial charge in [0.1, 0.15) is 13.2 Å². The Morgan fingerprint density at radius 3 is 2.86 bits per heavy atom. The zero-order valence-corrected chi connectivity index (χ0v) is 13.6. The van der Waals surface area contributed by atoms with Gasteiger partial charge in [0.25, 0.3) is 0 Å². The Bertz CT molecular complexity index is 516. The maximum absolute atomic E-state index is 6.29. The monoisotopic (exact) mass is 309 g/mol. The Hall–Kier alpha value is -0.930. The van der Waals surface area contributed by atoms with Crippen LogP contribution in [0.3, 0.4) is 0 Å². The van der Waals surface area contributed by atoms with Crippen LogP contribution < -0.4 is 14.8 Å². The number of ether oxygens (including phenoxy) is 2. The molecule has 0 amide bonds. The van der Waals surface area contributed by atoms with Crippen LogP contribution in [0.25, 0.3) is 0 Å². The van der Waals surface area contributed by atoms with Crippen LogP contribution >= 0.6 is 11.6 Å². The zero-order valence-electron chi connectivity index (χ0n) is 12.9. The van der Waals surface area contributed by atoms with Crippen LogP contribution in [-0.2, 0) is 6.54 Å². The predicted octanol–water partition coefficient (Wildman–Crippen LogP) is 4.17. The molecule has 3 nitrogen and oxygen atoms in total. The highest BCUT2D eigenvalue weighted by Gasteiger charge is 2.31. The van der Waals surface area contributed by atoms with Crippen LogP contribution in [0.2, 0.25) is 5.02 Å². The fraction of sp³-hybridized carbons (Fsp3) is 0.647. The molecule has 0 aromatic heterocycles. The summed E-state index contributed by atoms with van der Waals surface area (Å²) in [4.78, 5) is 0. The maximum atomic E-state index is 6.29. The van der Waals surface area contributed by atoms with E-state index in [1.54, 1.807) is 0 Å². The van der Waals surface area contributed by atoms with Gasteiger partial charge in [0.2, 0.25) is 0 Å². The highest BCUT2D eigenvalue weighted by molar-refractivity contribution is 6.32. The van der Waals surface area contributed by atoms with Crippen LogP contribution in [0.5, 0.6) is 11.5 Å². The van der Waals surface area contributed by atoms with Gasteiger partial charge >= 0.3 is 0 Å². The van der Waals surface area contributed by atoms with Crippen molar-refractivity contribution in [3.63, 3.8) is 0 Å². The molecular weight excluding hydrogens is 286 g/mol. The number of hydrogen-bond donors (Lipinski definition) is 1. The summed E-state index contributed by atoms with van der Waals surface area (Å²) in [6.45, 7) is 6.71. The summed E-state index contributed by atoms with van der Waals surface area (Å²) in [5, 5.41) is 4.35. The van der Waals surface area contributed by atoms with E-state index in [1.165, 1.54) is 25.7 Å². The van der Waals surface area contributed by atoms with Gasteiger partial charge in [-0.1, -0.05) is 38.3 Å². The van der Waals surface area contributed by atoms with E-state index in [9.17, 15) is 0 Å². The molecule has 1 fully saturated rings. The van der Waals surface area contributed by atoms with E-state index >= 15 is 0 Å². The summed E-state index contributed by atoms with van der Waals surface area (Å²) in [6, 6.07) is 4.60. The molecule has 1 heterocycles. The second-order valence-electron chi connectivity index (χ2n) is 6.77. The Morgan fingerprint density at radius 2 is 2.05 bits per heavy atom. The Kier molecular flexibility index (Phi) is 4.32. The molecule has 1 aliphatic heterocycles. The first kappa shape index (κ1) is 15.0. The third-order valence-electron chi connectivity index (χ3n) is 4.72. The van der Waals surface area contributed by atoms with Gasteiger partial charge in [-0.2, -0.15) is 0 Å². The number of halogens is 1. The lowest BCUT2D eigenvalue weighted by Gasteiger charge is -2.39. The van der Waals surface area contributed by atoms with Crippen LogP contribution in [0.4, 0.5) is 0 Å². The lowest BCUT2D eigenvalue weighted by Crippen LogP contribution is -2.43. The summed E-state index contributed by atoms with van der Waals surface area (Å²) in [7, 11) is 0. The minimum absolute atomic E-state index is 0.371. The van der Waals surface area contributed by atoms with Crippen LogP contribution in [0, 0.1) is 5.41 Å². The standard InChI is InChI=1S/C17H24ClNO2/c1-17(2)6-4-3-5-15(17)19-11-12-9-13(18)16-14(10-12)20-7-8-21-16/h9-10,15,19H,3-8,11H2,1-2H3. The molecule has 1 N–H and O–H groups in total. The van der Waals surface area contributed by atoms with E-state index in [2.05, 4.69) is 19.2 Å². The Morgan fingerprint density at radius 1 is 1.24 bits per heavy atom. The van der Waals surface area contributed by atoms with Gasteiger partial charge in [0, 0.05) is 12.6 Å². The van der Waals surface area contributed by atoms with E-state index < -0.39 is 0 Å². The molecule has 0 radical (unpaired) electrons. The Labute approximate surface area is 132 Å². The molecule has 1 aliphatic carbocycles. The second kappa shape index (κ2) is 6.05. The topological polar surface area (TPSA) is 30.5 Å². The van der Waals surface area contributed by atoms with Gasteiger partial charge in [-0.05, 0) is 36.0 Å². The largest absolute Gasteiger partial charge is 0.486 e. The smallest absolute Gasteiger partial charge is 0.179 e. The van der Waals surface area contributed by atoms with E-state index in [4.69, 9.17) is 21.1 Å². The first-order valence-corrected chi connectivity index (χ1v) is 8.25. The molecular formula is C17H24ClNO2. The van der Waals surface area contributed by atoms with Crippen molar-refractivity contribution < 1.29 is 9.47 Å². The first-order valence-electron chi connectivity index (χ1n) is 7.88. The molecule has 1 aromatic carbocycles. The van der Waals surface area contributed by atoms with Crippen molar-refractivity contribution in [3.8, 4) is 11.5 Å². The number of fused-ring (bicyclic) bond motifs is 1. The Balaban J connectivity index is 1.69. The average Bonchev–Trinajstić information content (AvgIpc) is 2.46. The third kappa shape index (κ3) is 3.29. The summed E-state index contributed by atoms with van der Waals surface area (Å²) in [6.07, 6.45) is 5.22. The van der Waals surface area contributed by atoms with E-state index in [-0.39, 0.29) is 0 Å². The highest BCUT2D eigenvalue weighted by Crippen LogP contribution is 2.39. The maximum Gasteiger partial charge on any atom is 0.179 e. The van der Waals surface area contributed by atoms with Crippen molar-refractivity contribution >= 4 is 11.6 Å². The fourth-order valence-electron chi connectivity index (χ4n) is 3.38. The van der Waals surface area contributed by atoms with Gasteiger partial charge in [-0.3, -0.25) is 0 Å². The second-order valence-corrected chi connectivity index (χ2v) is 7.18. The minimum Gasteiger partial charge on any atom is -0.486 e. The van der Waals surface area contributed by atoms with Gasteiger partial charge in [0.15, 0.2) is 11.5 Å². The summed E-state index contributed by atoms with van der Waals surface area (Å²) >= 11 is 6.29. The highest BCUT2D eigenvalue weighted by atomic mass is 35.5. The molecule has 1 aromatic rings. The van der Waals surface area contributed by atoms with Crippen molar-refractivity contribution in [1.82, 2.24) is 5.32 Å². The summed E-state index contributed by atoms with van der Waals surface area (Å²) in [5.74, 6) is 1.46. The van der Waals surface area contributed by atoms with Crippen LogP contribution in [0.1, 0.15) is 45.1 Å². The zero-order chi connectivity index (χ0) is 14.9. The van der Waals surface area contributed by atoms with Crippen molar-refractivity contribution in [2.75, 3.05) is 13.2 Å². The number of rotatable bonds is 3. The lowest BCUT2D eigenvalue weighted by molar-refractivity contribution is 0.165. The molecule has 21 heavy (non-hydrogen) atoms. The van der Waals surface area contributed by atoms with E-state index in [0.29, 0.717) is 35.4 Å². The van der Waals surface area contributed by atoms with Crippen LogP contribution in [-0.4, -0.2) is 19.3 Å². The summed E-state index contributed by atoms with van der Waals surface area (Å²) < 4.78 is 11.2. The fourth-order valence-corrected chi connectivity index (χ4v) is 3.67. The van der Waals surface area contributed by atoms with Crippen molar-refractivity contribution in [2.45, 2.75) is 52.1 Å². The number of benzene rings is 1. The van der Waals surface area contributed by atoms with Gasteiger partial charge in [0.05, 0.1) is 5.02 Å². The normalized spacial score (nSPS) is 23.9. The quantitative estimate of drug-likeness (QED) is 0.909. The predicted molar refractivity (Wildman–Crippen MR) is 85.3 cm³/mol. The molecule has 1 saturated carbocycles. The van der Waals surface area contributed by atoms with E-state index in [1.807, 2.05) is 12.1 Å². The molecule has 1 atom stereocenters. The molecule has 1 unspecified atom stereocenters. The molecule has 0 spiro atoms. The first-order chi connectivity index (χ1) is 10.1. The van der Waals surface area contributed by atoms with E-state index in [0.717, 1.165) is 17.9 Å². The third-order valence-corrected chi connectivity index (χ3v) is 5.00. The molecule has 4 heteroatoms. The molecule has 0 saturated heterocycles. The van der Waals surface area contributed by atoms with Crippen molar-refractivity contribution in [1.29, 1.82) is 0 Å². The van der Waals surface area contributed by atoms with Gasteiger partial charge in [-0.15, -0.1) is 0 Å². The number of hydrogen-bond acceptors (Lipinski definition) is 3. The molecule has 116 valence electrons. The minimum atomic E-state index is 0.371. The van der Waals surface area contributed by atoms with Crippen LogP contribution in [0.15, 0.2) is 12.1 Å². The molecule has 3 rings (SSSR count). The number of nitrogens with one attached hydrogen (secondary N) is 1. The average molecular weight is 310 g/mol. The summed E-state index contributed by atoms with van der Waals surface area (Å²) in [5.41, 5.74) is 1.53. The van der Waals surface area contributed by atoms with Crippen molar-refractivity contribution in [3.05, 3.63) is 22.7 Å². The molecule has 2 aliphatic rings. The SMILES string of the molecule is CC1(C)CCCCC1NCc1cc(Cl)c2c(c1)OCCO2.